The van der Waals surface area contributed by atoms with E-state index in [2.05, 4.69) is 28.7 Å². The van der Waals surface area contributed by atoms with Gasteiger partial charge in [-0.3, -0.25) is 0 Å². The Hall–Kier alpha value is -0.780. The molecule has 2 aromatic carbocycles. The van der Waals surface area contributed by atoms with Crippen LogP contribution in [0.5, 0.6) is 5.75 Å². The molecule has 3 rings (SSSR count). The molecule has 0 aliphatic carbocycles. The third-order valence-electron chi connectivity index (χ3n) is 3.28. The van der Waals surface area contributed by atoms with Crippen molar-refractivity contribution < 1.29 is 9.47 Å². The Labute approximate surface area is 137 Å². The first-order valence-corrected chi connectivity index (χ1v) is 7.98. The number of hydrogen-bond donors (Lipinski definition) is 0. The fourth-order valence-electron chi connectivity index (χ4n) is 2.23. The van der Waals surface area contributed by atoms with Crippen molar-refractivity contribution in [2.45, 2.75) is 12.5 Å². The topological polar surface area (TPSA) is 18.5 Å². The Balaban J connectivity index is 1.79. The van der Waals surface area contributed by atoms with Crippen LogP contribution in [0, 0.1) is 3.57 Å². The van der Waals surface area contributed by atoms with E-state index in [1.54, 1.807) is 0 Å². The Morgan fingerprint density at radius 3 is 2.65 bits per heavy atom. The molecule has 2 aromatic rings. The van der Waals surface area contributed by atoms with E-state index in [-0.39, 0.29) is 6.10 Å². The van der Waals surface area contributed by atoms with E-state index < -0.39 is 0 Å². The Bertz CT molecular complexity index is 592. The molecule has 104 valence electrons. The van der Waals surface area contributed by atoms with Gasteiger partial charge in [0.1, 0.15) is 11.9 Å². The minimum Gasteiger partial charge on any atom is -0.488 e. The molecule has 0 amide bonds. The molecule has 1 saturated heterocycles. The summed E-state index contributed by atoms with van der Waals surface area (Å²) in [5.41, 5.74) is 2.15. The normalized spacial score (nSPS) is 18.2. The lowest BCUT2D eigenvalue weighted by Crippen LogP contribution is -2.15. The van der Waals surface area contributed by atoms with Crippen molar-refractivity contribution in [1.82, 2.24) is 0 Å². The maximum Gasteiger partial charge on any atom is 0.124 e. The molecule has 1 heterocycles. The highest BCUT2D eigenvalue weighted by molar-refractivity contribution is 14.1. The number of ether oxygens (including phenoxy) is 2. The summed E-state index contributed by atoms with van der Waals surface area (Å²) in [6.07, 6.45) is 1.15. The molecule has 0 spiro atoms. The van der Waals surface area contributed by atoms with Crippen LogP contribution in [0.25, 0.3) is 11.1 Å². The number of hydrogen-bond acceptors (Lipinski definition) is 2. The van der Waals surface area contributed by atoms with Gasteiger partial charge < -0.3 is 9.47 Å². The predicted octanol–water partition coefficient (Wildman–Crippen LogP) is 4.78. The lowest BCUT2D eigenvalue weighted by Gasteiger charge is -2.12. The molecule has 1 fully saturated rings. The molecule has 1 aliphatic rings. The summed E-state index contributed by atoms with van der Waals surface area (Å²) < 4.78 is 12.3. The second kappa shape index (κ2) is 6.33. The average molecular weight is 401 g/mol. The van der Waals surface area contributed by atoms with Crippen molar-refractivity contribution in [3.8, 4) is 16.9 Å². The Kier molecular flexibility index (Phi) is 4.48. The van der Waals surface area contributed by atoms with Gasteiger partial charge in [-0.25, -0.2) is 0 Å². The standard InChI is InChI=1S/C16H14ClIO2/c17-16-6-3-12(18)9-15(16)11-1-4-13(5-2-11)20-14-7-8-19-10-14/h1-6,9,14H,7-8,10H2. The van der Waals surface area contributed by atoms with Gasteiger partial charge in [0.25, 0.3) is 0 Å². The molecule has 0 bridgehead atoms. The fraction of sp³-hybridized carbons (Fsp3) is 0.250. The highest BCUT2D eigenvalue weighted by atomic mass is 127. The molecule has 1 aliphatic heterocycles. The number of halogens is 2. The van der Waals surface area contributed by atoms with Crippen LogP contribution < -0.4 is 4.74 Å². The van der Waals surface area contributed by atoms with Gasteiger partial charge in [0.05, 0.1) is 13.2 Å². The van der Waals surface area contributed by atoms with Crippen LogP contribution in [-0.4, -0.2) is 19.3 Å². The maximum atomic E-state index is 6.26. The second-order valence-electron chi connectivity index (χ2n) is 4.75. The third-order valence-corrected chi connectivity index (χ3v) is 4.28. The van der Waals surface area contributed by atoms with Crippen LogP contribution in [-0.2, 0) is 4.74 Å². The van der Waals surface area contributed by atoms with Crippen molar-refractivity contribution in [2.75, 3.05) is 13.2 Å². The summed E-state index contributed by atoms with van der Waals surface area (Å²) in [6, 6.07) is 14.1. The van der Waals surface area contributed by atoms with E-state index >= 15 is 0 Å². The zero-order valence-corrected chi connectivity index (χ0v) is 13.7. The van der Waals surface area contributed by atoms with Gasteiger partial charge in [-0.2, -0.15) is 0 Å². The summed E-state index contributed by atoms with van der Waals surface area (Å²) in [6.45, 7) is 1.48. The van der Waals surface area contributed by atoms with Crippen molar-refractivity contribution in [1.29, 1.82) is 0 Å². The molecule has 0 N–H and O–H groups in total. The SMILES string of the molecule is Clc1ccc(I)cc1-c1ccc(OC2CCOC2)cc1. The largest absolute Gasteiger partial charge is 0.488 e. The molecule has 2 nitrogen and oxygen atoms in total. The molecule has 1 unspecified atom stereocenters. The molecule has 4 heteroatoms. The summed E-state index contributed by atoms with van der Waals surface area (Å²) in [5.74, 6) is 0.881. The summed E-state index contributed by atoms with van der Waals surface area (Å²) in [4.78, 5) is 0. The Morgan fingerprint density at radius 1 is 1.15 bits per heavy atom. The van der Waals surface area contributed by atoms with Crippen molar-refractivity contribution >= 4 is 34.2 Å². The second-order valence-corrected chi connectivity index (χ2v) is 6.40. The lowest BCUT2D eigenvalue weighted by atomic mass is 10.1. The summed E-state index contributed by atoms with van der Waals surface area (Å²) >= 11 is 8.55. The van der Waals surface area contributed by atoms with E-state index in [9.17, 15) is 0 Å². The average Bonchev–Trinajstić information content (AvgIpc) is 2.95. The van der Waals surface area contributed by atoms with Crippen molar-refractivity contribution in [3.05, 3.63) is 51.1 Å². The van der Waals surface area contributed by atoms with Crippen LogP contribution in [0.15, 0.2) is 42.5 Å². The monoisotopic (exact) mass is 400 g/mol. The van der Waals surface area contributed by atoms with E-state index in [1.807, 2.05) is 36.4 Å². The summed E-state index contributed by atoms with van der Waals surface area (Å²) in [5, 5.41) is 0.767. The first-order chi connectivity index (χ1) is 9.72. The third kappa shape index (κ3) is 3.27. The molecule has 0 aromatic heterocycles. The van der Waals surface area contributed by atoms with Gasteiger partial charge in [-0.15, -0.1) is 0 Å². The zero-order chi connectivity index (χ0) is 13.9. The van der Waals surface area contributed by atoms with E-state index in [0.29, 0.717) is 6.61 Å². The van der Waals surface area contributed by atoms with E-state index in [4.69, 9.17) is 21.1 Å². The van der Waals surface area contributed by atoms with Gasteiger partial charge in [-0.1, -0.05) is 23.7 Å². The van der Waals surface area contributed by atoms with Gasteiger partial charge >= 0.3 is 0 Å². The van der Waals surface area contributed by atoms with Crippen LogP contribution in [0.1, 0.15) is 6.42 Å². The molecular formula is C16H14ClIO2. The van der Waals surface area contributed by atoms with Crippen LogP contribution in [0.4, 0.5) is 0 Å². The number of rotatable bonds is 3. The Morgan fingerprint density at radius 2 is 1.95 bits per heavy atom. The van der Waals surface area contributed by atoms with Crippen LogP contribution in [0.3, 0.4) is 0 Å². The van der Waals surface area contributed by atoms with E-state index in [0.717, 1.165) is 34.9 Å². The first kappa shape index (κ1) is 14.2. The van der Waals surface area contributed by atoms with Gasteiger partial charge in [0, 0.05) is 20.6 Å². The molecule has 0 radical (unpaired) electrons. The zero-order valence-electron chi connectivity index (χ0n) is 10.8. The molecule has 20 heavy (non-hydrogen) atoms. The minimum absolute atomic E-state index is 0.183. The quantitative estimate of drug-likeness (QED) is 0.690. The predicted molar refractivity (Wildman–Crippen MR) is 89.5 cm³/mol. The van der Waals surface area contributed by atoms with Crippen LogP contribution in [0.2, 0.25) is 5.02 Å². The maximum absolute atomic E-state index is 6.26. The molecular weight excluding hydrogens is 387 g/mol. The lowest BCUT2D eigenvalue weighted by molar-refractivity contribution is 0.141. The van der Waals surface area contributed by atoms with Gasteiger partial charge in [0.2, 0.25) is 0 Å². The highest BCUT2D eigenvalue weighted by Gasteiger charge is 2.17. The van der Waals surface area contributed by atoms with Crippen molar-refractivity contribution in [3.63, 3.8) is 0 Å². The number of benzene rings is 2. The van der Waals surface area contributed by atoms with E-state index in [1.165, 1.54) is 3.57 Å². The van der Waals surface area contributed by atoms with Crippen molar-refractivity contribution in [2.24, 2.45) is 0 Å². The molecule has 0 saturated carbocycles. The van der Waals surface area contributed by atoms with Crippen LogP contribution >= 0.6 is 34.2 Å². The summed E-state index contributed by atoms with van der Waals surface area (Å²) in [7, 11) is 0. The van der Waals surface area contributed by atoms with Gasteiger partial charge in [0.15, 0.2) is 0 Å². The minimum atomic E-state index is 0.183. The first-order valence-electron chi connectivity index (χ1n) is 6.52. The highest BCUT2D eigenvalue weighted by Crippen LogP contribution is 2.31. The van der Waals surface area contributed by atoms with Gasteiger partial charge in [-0.05, 0) is 58.5 Å². The molecule has 1 atom stereocenters. The fourth-order valence-corrected chi connectivity index (χ4v) is 2.95. The smallest absolute Gasteiger partial charge is 0.124 e.